The van der Waals surface area contributed by atoms with Crippen molar-refractivity contribution in [1.82, 2.24) is 14.8 Å². The summed E-state index contributed by atoms with van der Waals surface area (Å²) < 4.78 is 5.64. The Morgan fingerprint density at radius 1 is 1.00 bits per heavy atom. The maximum absolute atomic E-state index is 12.7. The van der Waals surface area contributed by atoms with Crippen molar-refractivity contribution >= 4 is 23.0 Å². The first kappa shape index (κ1) is 28.5. The van der Waals surface area contributed by atoms with Gasteiger partial charge in [-0.05, 0) is 68.9 Å². The molecule has 0 radical (unpaired) electrons. The molecule has 38 heavy (non-hydrogen) atoms. The van der Waals surface area contributed by atoms with Gasteiger partial charge in [-0.2, -0.15) is 0 Å². The van der Waals surface area contributed by atoms with Crippen LogP contribution in [-0.2, 0) is 6.54 Å². The fourth-order valence-corrected chi connectivity index (χ4v) is 4.08. The molecular formula is C30H40N6O2. The summed E-state index contributed by atoms with van der Waals surface area (Å²) in [5, 5.41) is 6.25. The summed E-state index contributed by atoms with van der Waals surface area (Å²) in [5.41, 5.74) is 9.25. The number of aromatic nitrogens is 1. The molecule has 0 spiro atoms. The van der Waals surface area contributed by atoms with Gasteiger partial charge in [0.25, 0.3) is 5.91 Å². The first-order valence-electron chi connectivity index (χ1n) is 13.2. The SMILES string of the molecule is C=C(Nc1cccc(OCC)c1)N(CCCN(CC)CC)Cc1ccc(C(=O)Nc2ccccc2N)nc1. The minimum absolute atomic E-state index is 0.300. The van der Waals surface area contributed by atoms with Crippen LogP contribution in [0.2, 0.25) is 0 Å². The third-order valence-corrected chi connectivity index (χ3v) is 6.25. The molecule has 0 aliphatic heterocycles. The van der Waals surface area contributed by atoms with Gasteiger partial charge in [0.1, 0.15) is 11.4 Å². The molecule has 0 saturated heterocycles. The van der Waals surface area contributed by atoms with Crippen molar-refractivity contribution in [1.29, 1.82) is 0 Å². The second-order valence-electron chi connectivity index (χ2n) is 8.93. The van der Waals surface area contributed by atoms with Crippen molar-refractivity contribution in [3.05, 3.63) is 90.5 Å². The minimum Gasteiger partial charge on any atom is -0.494 e. The highest BCUT2D eigenvalue weighted by Gasteiger charge is 2.13. The van der Waals surface area contributed by atoms with Crippen LogP contribution in [0.5, 0.6) is 5.75 Å². The van der Waals surface area contributed by atoms with Crippen LogP contribution in [0, 0.1) is 0 Å². The van der Waals surface area contributed by atoms with E-state index in [1.54, 1.807) is 24.4 Å². The van der Waals surface area contributed by atoms with Crippen LogP contribution in [0.1, 0.15) is 43.2 Å². The van der Waals surface area contributed by atoms with E-state index < -0.39 is 0 Å². The number of carbonyl (C=O) groups is 1. The molecule has 0 fully saturated rings. The normalized spacial score (nSPS) is 10.7. The van der Waals surface area contributed by atoms with E-state index in [2.05, 4.69) is 45.8 Å². The standard InChI is InChI=1S/C30H40N6O2/c1-5-35(6-2)18-11-19-36(23(4)33-25-12-10-13-26(20-25)38-7-3)22-24-16-17-29(32-21-24)30(37)34-28-15-9-8-14-27(28)31/h8-10,12-17,20-21,33H,4-7,11,18-19,22,31H2,1-3H3,(H,34,37). The molecule has 4 N–H and O–H groups in total. The number of rotatable bonds is 15. The number of pyridine rings is 1. The second-order valence-corrected chi connectivity index (χ2v) is 8.93. The van der Waals surface area contributed by atoms with Gasteiger partial charge in [0.15, 0.2) is 0 Å². The van der Waals surface area contributed by atoms with Crippen LogP contribution in [0.4, 0.5) is 17.1 Å². The summed E-state index contributed by atoms with van der Waals surface area (Å²) in [7, 11) is 0. The van der Waals surface area contributed by atoms with Gasteiger partial charge >= 0.3 is 0 Å². The van der Waals surface area contributed by atoms with Crippen molar-refractivity contribution in [2.24, 2.45) is 0 Å². The number of hydrogen-bond acceptors (Lipinski definition) is 7. The van der Waals surface area contributed by atoms with E-state index in [0.29, 0.717) is 30.2 Å². The molecule has 3 aromatic rings. The van der Waals surface area contributed by atoms with Gasteiger partial charge in [-0.1, -0.05) is 44.7 Å². The third kappa shape index (κ3) is 8.52. The molecule has 1 amide bonds. The Bertz CT molecular complexity index is 1180. The molecule has 1 aromatic heterocycles. The topological polar surface area (TPSA) is 95.8 Å². The fourth-order valence-electron chi connectivity index (χ4n) is 4.08. The lowest BCUT2D eigenvalue weighted by molar-refractivity contribution is 0.102. The van der Waals surface area contributed by atoms with Crippen LogP contribution in [0.15, 0.2) is 79.3 Å². The summed E-state index contributed by atoms with van der Waals surface area (Å²) in [4.78, 5) is 21.7. The Hall–Kier alpha value is -4.04. The number of para-hydroxylation sites is 2. The zero-order valence-electron chi connectivity index (χ0n) is 22.7. The maximum atomic E-state index is 12.7. The Morgan fingerprint density at radius 2 is 1.79 bits per heavy atom. The zero-order valence-corrected chi connectivity index (χ0v) is 22.7. The molecule has 0 atom stereocenters. The molecule has 1 heterocycles. The average molecular weight is 517 g/mol. The molecule has 0 aliphatic rings. The summed E-state index contributed by atoms with van der Waals surface area (Å²) in [6.45, 7) is 15.8. The minimum atomic E-state index is -0.300. The van der Waals surface area contributed by atoms with Crippen molar-refractivity contribution in [3.63, 3.8) is 0 Å². The van der Waals surface area contributed by atoms with Gasteiger partial charge in [0.05, 0.1) is 23.8 Å². The Labute approximate surface area is 226 Å². The lowest BCUT2D eigenvalue weighted by atomic mass is 10.2. The van der Waals surface area contributed by atoms with Gasteiger partial charge in [-0.15, -0.1) is 0 Å². The van der Waals surface area contributed by atoms with Crippen LogP contribution in [-0.4, -0.2) is 53.5 Å². The average Bonchev–Trinajstić information content (AvgIpc) is 2.92. The summed E-state index contributed by atoms with van der Waals surface area (Å²) in [6.07, 6.45) is 2.73. The monoisotopic (exact) mass is 516 g/mol. The first-order chi connectivity index (χ1) is 18.4. The lowest BCUT2D eigenvalue weighted by Crippen LogP contribution is -2.31. The molecule has 202 valence electrons. The second kappa shape index (κ2) is 14.6. The smallest absolute Gasteiger partial charge is 0.274 e. The van der Waals surface area contributed by atoms with E-state index in [1.807, 2.05) is 49.4 Å². The van der Waals surface area contributed by atoms with Crippen LogP contribution < -0.4 is 21.1 Å². The van der Waals surface area contributed by atoms with Crippen LogP contribution in [0.25, 0.3) is 0 Å². The van der Waals surface area contributed by atoms with Crippen molar-refractivity contribution in [3.8, 4) is 5.75 Å². The fraction of sp³-hybridized carbons (Fsp3) is 0.333. The van der Waals surface area contributed by atoms with Crippen LogP contribution in [0.3, 0.4) is 0 Å². The predicted octanol–water partition coefficient (Wildman–Crippen LogP) is 5.43. The predicted molar refractivity (Wildman–Crippen MR) is 156 cm³/mol. The Balaban J connectivity index is 1.69. The molecule has 0 bridgehead atoms. The van der Waals surface area contributed by atoms with Crippen molar-refractivity contribution in [2.75, 3.05) is 49.2 Å². The number of anilines is 3. The van der Waals surface area contributed by atoms with Gasteiger partial charge in [0, 0.05) is 31.0 Å². The van der Waals surface area contributed by atoms with Gasteiger partial charge in [-0.3, -0.25) is 9.78 Å². The number of ether oxygens (including phenoxy) is 1. The number of benzene rings is 2. The number of nitrogens with one attached hydrogen (secondary N) is 2. The molecule has 0 unspecified atom stereocenters. The van der Waals surface area contributed by atoms with Crippen LogP contribution >= 0.6 is 0 Å². The largest absolute Gasteiger partial charge is 0.494 e. The zero-order chi connectivity index (χ0) is 27.3. The highest BCUT2D eigenvalue weighted by atomic mass is 16.5. The molecule has 8 nitrogen and oxygen atoms in total. The first-order valence-corrected chi connectivity index (χ1v) is 13.2. The van der Waals surface area contributed by atoms with E-state index >= 15 is 0 Å². The molecule has 0 saturated carbocycles. The summed E-state index contributed by atoms with van der Waals surface area (Å²) in [6, 6.07) is 18.7. The number of carbonyl (C=O) groups excluding carboxylic acids is 1. The number of nitrogens with two attached hydrogens (primary N) is 1. The molecular weight excluding hydrogens is 476 g/mol. The Kier molecular flexibility index (Phi) is 11.0. The van der Waals surface area contributed by atoms with Gasteiger partial charge in [0.2, 0.25) is 0 Å². The van der Waals surface area contributed by atoms with E-state index in [9.17, 15) is 4.79 Å². The van der Waals surface area contributed by atoms with E-state index in [1.165, 1.54) is 0 Å². The highest BCUT2D eigenvalue weighted by Crippen LogP contribution is 2.21. The number of amides is 1. The maximum Gasteiger partial charge on any atom is 0.274 e. The van der Waals surface area contributed by atoms with E-state index in [-0.39, 0.29) is 5.91 Å². The highest BCUT2D eigenvalue weighted by molar-refractivity contribution is 6.04. The van der Waals surface area contributed by atoms with E-state index in [0.717, 1.165) is 55.4 Å². The molecule has 2 aromatic carbocycles. The van der Waals surface area contributed by atoms with Gasteiger partial charge in [-0.25, -0.2) is 0 Å². The summed E-state index contributed by atoms with van der Waals surface area (Å²) in [5.74, 6) is 1.30. The van der Waals surface area contributed by atoms with Crippen molar-refractivity contribution in [2.45, 2.75) is 33.7 Å². The lowest BCUT2D eigenvalue weighted by Gasteiger charge is -2.29. The molecule has 8 heteroatoms. The molecule has 3 rings (SSSR count). The van der Waals surface area contributed by atoms with Crippen molar-refractivity contribution < 1.29 is 9.53 Å². The summed E-state index contributed by atoms with van der Waals surface area (Å²) >= 11 is 0. The quantitative estimate of drug-likeness (QED) is 0.232. The Morgan fingerprint density at radius 3 is 2.47 bits per heavy atom. The van der Waals surface area contributed by atoms with Gasteiger partial charge < -0.3 is 30.9 Å². The third-order valence-electron chi connectivity index (χ3n) is 6.25. The van der Waals surface area contributed by atoms with E-state index in [4.69, 9.17) is 10.5 Å². The number of hydrogen-bond donors (Lipinski definition) is 3. The number of nitrogen functional groups attached to an aromatic ring is 1. The number of nitrogens with zero attached hydrogens (tertiary/aromatic N) is 3. The molecule has 0 aliphatic carbocycles.